The third-order valence-electron chi connectivity index (χ3n) is 6.44. The van der Waals surface area contributed by atoms with Gasteiger partial charge in [-0.05, 0) is 42.2 Å². The maximum absolute atomic E-state index is 13.0. The van der Waals surface area contributed by atoms with Crippen molar-refractivity contribution in [3.63, 3.8) is 0 Å². The van der Waals surface area contributed by atoms with E-state index in [0.717, 1.165) is 17.8 Å². The van der Waals surface area contributed by atoms with Crippen molar-refractivity contribution in [2.45, 2.75) is 38.3 Å². The van der Waals surface area contributed by atoms with Crippen LogP contribution in [0.4, 0.5) is 17.1 Å². The van der Waals surface area contributed by atoms with E-state index in [1.54, 1.807) is 6.07 Å². The van der Waals surface area contributed by atoms with E-state index in [9.17, 15) is 14.9 Å². The Morgan fingerprint density at radius 3 is 2.44 bits per heavy atom. The average molecular weight is 455 g/mol. The third-order valence-corrected chi connectivity index (χ3v) is 6.44. The van der Waals surface area contributed by atoms with Gasteiger partial charge in [-0.2, -0.15) is 0 Å². The molecular weight excluding hydrogens is 428 g/mol. The van der Waals surface area contributed by atoms with E-state index in [1.807, 2.05) is 42.5 Å². The van der Waals surface area contributed by atoms with E-state index in [0.29, 0.717) is 28.6 Å². The number of amides is 1. The molecule has 7 nitrogen and oxygen atoms in total. The molecule has 3 N–H and O–H groups in total. The van der Waals surface area contributed by atoms with Gasteiger partial charge >= 0.3 is 0 Å². The molecule has 0 bridgehead atoms. The molecule has 3 aromatic carbocycles. The number of nitro groups is 1. The first-order chi connectivity index (χ1) is 16.6. The molecule has 1 aliphatic heterocycles. The highest BCUT2D eigenvalue weighted by molar-refractivity contribution is 6.37. The Morgan fingerprint density at radius 1 is 1.00 bits per heavy atom. The van der Waals surface area contributed by atoms with E-state index < -0.39 is 4.92 Å². The zero-order chi connectivity index (χ0) is 23.5. The highest BCUT2D eigenvalue weighted by atomic mass is 16.6. The summed E-state index contributed by atoms with van der Waals surface area (Å²) in [6.07, 6.45) is 5.10. The van der Waals surface area contributed by atoms with Crippen LogP contribution in [0.3, 0.4) is 0 Å². The summed E-state index contributed by atoms with van der Waals surface area (Å²) in [4.78, 5) is 23.9. The number of carbonyl (C=O) groups excluding carboxylic acids is 1. The van der Waals surface area contributed by atoms with Crippen molar-refractivity contribution in [3.05, 3.63) is 99.6 Å². The SMILES string of the molecule is O=C1Nc2ccc([N+](=O)[O-])cc2/C1=C(/Nc1ccc(CNC2CCCC2)cc1)c1ccccc1. The van der Waals surface area contributed by atoms with Gasteiger partial charge in [0.2, 0.25) is 0 Å². The van der Waals surface area contributed by atoms with Crippen molar-refractivity contribution >= 4 is 34.2 Å². The van der Waals surface area contributed by atoms with E-state index in [2.05, 4.69) is 28.1 Å². The first kappa shape index (κ1) is 21.9. The number of nitro benzene ring substituents is 1. The summed E-state index contributed by atoms with van der Waals surface area (Å²) in [5.41, 5.74) is 4.87. The topological polar surface area (TPSA) is 96.3 Å². The van der Waals surface area contributed by atoms with Gasteiger partial charge in [-0.1, -0.05) is 55.3 Å². The maximum Gasteiger partial charge on any atom is 0.270 e. The van der Waals surface area contributed by atoms with Gasteiger partial charge in [0.05, 0.1) is 16.2 Å². The van der Waals surface area contributed by atoms with Crippen LogP contribution in [0.2, 0.25) is 0 Å². The summed E-state index contributed by atoms with van der Waals surface area (Å²) in [5.74, 6) is -0.292. The molecule has 34 heavy (non-hydrogen) atoms. The Morgan fingerprint density at radius 2 is 1.74 bits per heavy atom. The average Bonchev–Trinajstić information content (AvgIpc) is 3.49. The Bertz CT molecular complexity index is 1250. The third kappa shape index (κ3) is 4.56. The lowest BCUT2D eigenvalue weighted by atomic mass is 9.99. The normalized spacial score (nSPS) is 16.8. The van der Waals surface area contributed by atoms with E-state index >= 15 is 0 Å². The maximum atomic E-state index is 13.0. The molecule has 0 radical (unpaired) electrons. The predicted molar refractivity (Wildman–Crippen MR) is 134 cm³/mol. The van der Waals surface area contributed by atoms with Crippen molar-refractivity contribution < 1.29 is 9.72 Å². The molecule has 1 fully saturated rings. The molecule has 1 heterocycles. The van der Waals surface area contributed by atoms with Gasteiger partial charge in [0.15, 0.2) is 0 Å². The highest BCUT2D eigenvalue weighted by Gasteiger charge is 2.30. The van der Waals surface area contributed by atoms with Gasteiger partial charge in [-0.25, -0.2) is 0 Å². The van der Waals surface area contributed by atoms with E-state index in [1.165, 1.54) is 43.4 Å². The molecule has 3 aromatic rings. The number of rotatable bonds is 7. The molecule has 1 aliphatic carbocycles. The quantitative estimate of drug-likeness (QED) is 0.247. The smallest absolute Gasteiger partial charge is 0.270 e. The molecule has 1 amide bonds. The Kier molecular flexibility index (Phi) is 6.10. The summed E-state index contributed by atoms with van der Waals surface area (Å²) >= 11 is 0. The van der Waals surface area contributed by atoms with Crippen LogP contribution in [0.25, 0.3) is 11.3 Å². The molecule has 0 unspecified atom stereocenters. The summed E-state index contributed by atoms with van der Waals surface area (Å²) in [5, 5.41) is 21.2. The second-order valence-electron chi connectivity index (χ2n) is 8.74. The first-order valence-corrected chi connectivity index (χ1v) is 11.6. The Labute approximate surface area is 198 Å². The van der Waals surface area contributed by atoms with Crippen LogP contribution < -0.4 is 16.0 Å². The second-order valence-corrected chi connectivity index (χ2v) is 8.74. The van der Waals surface area contributed by atoms with Crippen molar-refractivity contribution in [1.82, 2.24) is 5.32 Å². The predicted octanol–water partition coefficient (Wildman–Crippen LogP) is 5.56. The zero-order valence-corrected chi connectivity index (χ0v) is 18.7. The van der Waals surface area contributed by atoms with Crippen LogP contribution in [0.15, 0.2) is 72.8 Å². The molecule has 0 aromatic heterocycles. The molecule has 5 rings (SSSR count). The highest BCUT2D eigenvalue weighted by Crippen LogP contribution is 2.39. The zero-order valence-electron chi connectivity index (χ0n) is 18.7. The number of anilines is 2. The van der Waals surface area contributed by atoms with Crippen LogP contribution in [0.5, 0.6) is 0 Å². The van der Waals surface area contributed by atoms with Gasteiger partial charge < -0.3 is 16.0 Å². The van der Waals surface area contributed by atoms with Crippen LogP contribution in [-0.2, 0) is 11.3 Å². The summed E-state index contributed by atoms with van der Waals surface area (Å²) in [7, 11) is 0. The molecule has 172 valence electrons. The van der Waals surface area contributed by atoms with Crippen LogP contribution in [-0.4, -0.2) is 16.9 Å². The van der Waals surface area contributed by atoms with Crippen LogP contribution in [0.1, 0.15) is 42.4 Å². The molecule has 2 aliphatic rings. The fraction of sp³-hybridized carbons (Fsp3) is 0.222. The Balaban J connectivity index is 1.47. The summed E-state index contributed by atoms with van der Waals surface area (Å²) in [6.45, 7) is 0.830. The first-order valence-electron chi connectivity index (χ1n) is 11.6. The number of hydrogen-bond donors (Lipinski definition) is 3. The standard InChI is InChI=1S/C27H26N4O3/c32-27-25(23-16-22(31(33)34)14-15-24(23)30-27)26(19-6-2-1-3-7-19)29-21-12-10-18(11-13-21)17-28-20-8-4-5-9-20/h1-3,6-7,10-16,20,28-29H,4-5,8-9,17H2,(H,30,32)/b26-25-. The minimum atomic E-state index is -0.450. The number of fused-ring (bicyclic) bond motifs is 1. The van der Waals surface area contributed by atoms with Crippen molar-refractivity contribution in [2.75, 3.05) is 10.6 Å². The van der Waals surface area contributed by atoms with Crippen molar-refractivity contribution in [3.8, 4) is 0 Å². The molecule has 7 heteroatoms. The lowest BCUT2D eigenvalue weighted by Gasteiger charge is -2.16. The van der Waals surface area contributed by atoms with Gasteiger partial charge in [-0.3, -0.25) is 14.9 Å². The summed E-state index contributed by atoms with van der Waals surface area (Å²) in [6, 6.07) is 22.7. The molecule has 0 saturated heterocycles. The van der Waals surface area contributed by atoms with Crippen molar-refractivity contribution in [2.24, 2.45) is 0 Å². The fourth-order valence-corrected chi connectivity index (χ4v) is 4.64. The fourth-order valence-electron chi connectivity index (χ4n) is 4.64. The van der Waals surface area contributed by atoms with Gasteiger partial charge in [0.1, 0.15) is 0 Å². The summed E-state index contributed by atoms with van der Waals surface area (Å²) < 4.78 is 0. The van der Waals surface area contributed by atoms with E-state index in [-0.39, 0.29) is 11.6 Å². The monoisotopic (exact) mass is 454 g/mol. The lowest BCUT2D eigenvalue weighted by molar-refractivity contribution is -0.384. The molecule has 0 atom stereocenters. The van der Waals surface area contributed by atoms with Gasteiger partial charge in [-0.15, -0.1) is 0 Å². The molecule has 1 saturated carbocycles. The number of non-ortho nitro benzene ring substituents is 1. The largest absolute Gasteiger partial charge is 0.354 e. The van der Waals surface area contributed by atoms with Crippen LogP contribution >= 0.6 is 0 Å². The van der Waals surface area contributed by atoms with E-state index in [4.69, 9.17) is 0 Å². The number of nitrogens with zero attached hydrogens (tertiary/aromatic N) is 1. The van der Waals surface area contributed by atoms with Crippen molar-refractivity contribution in [1.29, 1.82) is 0 Å². The number of hydrogen-bond acceptors (Lipinski definition) is 5. The number of nitrogens with one attached hydrogen (secondary N) is 3. The minimum absolute atomic E-state index is 0.0562. The van der Waals surface area contributed by atoms with Gasteiger partial charge in [0, 0.05) is 41.7 Å². The number of benzene rings is 3. The lowest BCUT2D eigenvalue weighted by Crippen LogP contribution is -2.25. The second kappa shape index (κ2) is 9.49. The Hall–Kier alpha value is -3.97. The molecular formula is C27H26N4O3. The number of carbonyl (C=O) groups is 1. The van der Waals surface area contributed by atoms with Crippen LogP contribution in [0, 0.1) is 10.1 Å². The minimum Gasteiger partial charge on any atom is -0.354 e. The molecule has 0 spiro atoms. The van der Waals surface area contributed by atoms with Gasteiger partial charge in [0.25, 0.3) is 11.6 Å².